The van der Waals surface area contributed by atoms with Crippen molar-refractivity contribution < 1.29 is 33.7 Å². The number of alkyl halides is 3. The zero-order chi connectivity index (χ0) is 10.4. The van der Waals surface area contributed by atoms with Gasteiger partial charge in [-0.2, -0.15) is 13.2 Å². The van der Waals surface area contributed by atoms with Crippen LogP contribution in [0, 0.1) is 0 Å². The Labute approximate surface area is 89.3 Å². The van der Waals surface area contributed by atoms with Crippen molar-refractivity contribution in [1.29, 1.82) is 0 Å². The van der Waals surface area contributed by atoms with Crippen LogP contribution < -0.4 is 0 Å². The smallest absolute Gasteiger partial charge is 0.424 e. The predicted molar refractivity (Wildman–Crippen MR) is 52.8 cm³/mol. The van der Waals surface area contributed by atoms with Crippen LogP contribution in [0.2, 0.25) is 0 Å². The molecule has 0 aromatic heterocycles. The van der Waals surface area contributed by atoms with E-state index in [2.05, 4.69) is 8.23 Å². The maximum absolute atomic E-state index is 12.2. The zero-order valence-electron chi connectivity index (χ0n) is 7.08. The van der Waals surface area contributed by atoms with Gasteiger partial charge in [0.25, 0.3) is 40.0 Å². The lowest BCUT2D eigenvalue weighted by atomic mass is 11.5. The van der Waals surface area contributed by atoms with Crippen molar-refractivity contribution in [3.05, 3.63) is 0 Å². The average Bonchev–Trinajstić information content (AvgIpc) is 2.12. The minimum Gasteiger partial charge on any atom is -0.425 e. The Balaban J connectivity index is 2.38. The van der Waals surface area contributed by atoms with Gasteiger partial charge in [0, 0.05) is 0 Å². The maximum Gasteiger partial charge on any atom is 0.424 e. The van der Waals surface area contributed by atoms with Gasteiger partial charge in [-0.1, -0.05) is 0 Å². The molecule has 1 fully saturated rings. The van der Waals surface area contributed by atoms with E-state index >= 15 is 0 Å². The van der Waals surface area contributed by atoms with E-state index in [4.69, 9.17) is 12.3 Å². The molecular formula is CH9F3O5Si5. The summed E-state index contributed by atoms with van der Waals surface area (Å²) in [5.41, 5.74) is 0. The summed E-state index contributed by atoms with van der Waals surface area (Å²) in [5.74, 6) is -4.37. The van der Waals surface area contributed by atoms with E-state index in [1.165, 1.54) is 0 Å². The highest BCUT2D eigenvalue weighted by atomic mass is 28.4. The summed E-state index contributed by atoms with van der Waals surface area (Å²) in [4.78, 5) is 0. The Hall–Kier alpha value is 0.674. The first-order valence-electron chi connectivity index (χ1n) is 3.64. The molecule has 1 heterocycles. The largest absolute Gasteiger partial charge is 0.425 e. The first-order chi connectivity index (χ1) is 6.61. The van der Waals surface area contributed by atoms with Gasteiger partial charge in [-0.15, -0.1) is 0 Å². The number of hydrogen-bond acceptors (Lipinski definition) is 5. The summed E-state index contributed by atoms with van der Waals surface area (Å²) in [7, 11) is -9.03. The fourth-order valence-electron chi connectivity index (χ4n) is 0.677. The molecule has 0 atom stereocenters. The molecule has 0 spiro atoms. The fourth-order valence-corrected chi connectivity index (χ4v) is 10.8. The lowest BCUT2D eigenvalue weighted by Crippen LogP contribution is -2.43. The first kappa shape index (κ1) is 12.7. The first-order valence-corrected chi connectivity index (χ1v) is 9.78. The van der Waals surface area contributed by atoms with Gasteiger partial charge in [0.05, 0.1) is 0 Å². The van der Waals surface area contributed by atoms with Gasteiger partial charge in [-0.25, -0.2) is 0 Å². The molecule has 0 aromatic carbocycles. The summed E-state index contributed by atoms with van der Waals surface area (Å²) < 4.78 is 60.7. The van der Waals surface area contributed by atoms with Crippen molar-refractivity contribution in [1.82, 2.24) is 0 Å². The van der Waals surface area contributed by atoms with Crippen molar-refractivity contribution >= 4 is 49.3 Å². The summed E-state index contributed by atoms with van der Waals surface area (Å²) in [5, 5.41) is 0. The van der Waals surface area contributed by atoms with Crippen LogP contribution in [-0.4, -0.2) is 55.1 Å². The monoisotopic (exact) mass is 298 g/mol. The molecule has 1 aliphatic rings. The fraction of sp³-hybridized carbons (Fsp3) is 1.00. The summed E-state index contributed by atoms with van der Waals surface area (Å²) in [6.07, 6.45) is 0. The minimum absolute atomic E-state index is 1.16. The third-order valence-corrected chi connectivity index (χ3v) is 9.25. The van der Waals surface area contributed by atoms with Gasteiger partial charge >= 0.3 is 15.1 Å². The van der Waals surface area contributed by atoms with Crippen LogP contribution in [0.5, 0.6) is 0 Å². The molecule has 1 saturated heterocycles. The molecule has 0 aromatic rings. The quantitative estimate of drug-likeness (QED) is 0.433. The van der Waals surface area contributed by atoms with Gasteiger partial charge in [0.2, 0.25) is 0 Å². The molecule has 0 amide bonds. The predicted octanol–water partition coefficient (Wildman–Crippen LogP) is -3.60. The standard InChI is InChI=1S/CH9F3O5Si5/c2-1(3,4)14-8-12-6-10-5-11-7-13-9-14/h14H,10-13H2. The molecule has 0 unspecified atom stereocenters. The third kappa shape index (κ3) is 4.95. The molecule has 5 nitrogen and oxygen atoms in total. The molecule has 0 bridgehead atoms. The molecule has 0 aliphatic carbocycles. The number of halogens is 3. The molecular weight excluding hydrogens is 289 g/mol. The molecule has 13 heteroatoms. The molecule has 14 heavy (non-hydrogen) atoms. The highest BCUT2D eigenvalue weighted by Gasteiger charge is 2.45. The maximum atomic E-state index is 12.2. The molecule has 0 radical (unpaired) electrons. The van der Waals surface area contributed by atoms with Crippen LogP contribution >= 0.6 is 0 Å². The number of rotatable bonds is 0. The Morgan fingerprint density at radius 2 is 1.21 bits per heavy atom. The summed E-state index contributed by atoms with van der Waals surface area (Å²) in [6, 6.07) is 0. The molecule has 0 saturated carbocycles. The molecule has 0 N–H and O–H groups in total. The van der Waals surface area contributed by atoms with Crippen LogP contribution in [0.15, 0.2) is 0 Å². The number of hydrogen-bond donors (Lipinski definition) is 0. The van der Waals surface area contributed by atoms with Crippen molar-refractivity contribution in [2.24, 2.45) is 0 Å². The van der Waals surface area contributed by atoms with Gasteiger partial charge in [-0.05, 0) is 0 Å². The van der Waals surface area contributed by atoms with Crippen molar-refractivity contribution in [2.45, 2.75) is 5.80 Å². The second kappa shape index (κ2) is 6.30. The van der Waals surface area contributed by atoms with E-state index in [0.29, 0.717) is 0 Å². The zero-order valence-corrected chi connectivity index (χ0v) is 13.9. The van der Waals surface area contributed by atoms with E-state index in [1.807, 2.05) is 0 Å². The third-order valence-electron chi connectivity index (χ3n) is 1.21. The van der Waals surface area contributed by atoms with E-state index in [1.54, 1.807) is 0 Å². The summed E-state index contributed by atoms with van der Waals surface area (Å²) >= 11 is 0. The highest BCUT2D eigenvalue weighted by molar-refractivity contribution is 6.60. The molecule has 84 valence electrons. The van der Waals surface area contributed by atoms with Crippen LogP contribution in [0.25, 0.3) is 0 Å². The Kier molecular flexibility index (Phi) is 5.73. The van der Waals surface area contributed by atoms with Crippen molar-refractivity contribution in [3.63, 3.8) is 0 Å². The minimum atomic E-state index is -4.37. The van der Waals surface area contributed by atoms with E-state index < -0.39 is 55.1 Å². The van der Waals surface area contributed by atoms with Crippen LogP contribution in [0.3, 0.4) is 0 Å². The lowest BCUT2D eigenvalue weighted by Gasteiger charge is -2.20. The average molecular weight is 299 g/mol. The van der Waals surface area contributed by atoms with Gasteiger partial charge in [-0.3, -0.25) is 0 Å². The van der Waals surface area contributed by atoms with Crippen LogP contribution in [0.1, 0.15) is 0 Å². The van der Waals surface area contributed by atoms with Crippen LogP contribution in [-0.2, 0) is 20.6 Å². The van der Waals surface area contributed by atoms with Gasteiger partial charge in [0.15, 0.2) is 0 Å². The SMILES string of the molecule is FC(F)(F)[SiH]1O[SiH2]O[SiH2]O[SiH2]O[SiH2]O1. The second-order valence-corrected chi connectivity index (χ2v) is 12.1. The summed E-state index contributed by atoms with van der Waals surface area (Å²) in [6.45, 7) is 0. The topological polar surface area (TPSA) is 46.2 Å². The lowest BCUT2D eigenvalue weighted by molar-refractivity contribution is -0.0734. The molecule has 1 rings (SSSR count). The Bertz CT molecular complexity index is 156. The normalized spacial score (nSPS) is 34.1. The van der Waals surface area contributed by atoms with E-state index in [-0.39, 0.29) is 0 Å². The van der Waals surface area contributed by atoms with E-state index in [0.717, 1.165) is 0 Å². The van der Waals surface area contributed by atoms with Crippen molar-refractivity contribution in [3.8, 4) is 0 Å². The Morgan fingerprint density at radius 3 is 1.64 bits per heavy atom. The van der Waals surface area contributed by atoms with Crippen LogP contribution in [0.4, 0.5) is 13.2 Å². The van der Waals surface area contributed by atoms with Gasteiger partial charge < -0.3 is 20.6 Å². The Morgan fingerprint density at radius 1 is 0.786 bits per heavy atom. The second-order valence-electron chi connectivity index (χ2n) is 2.29. The van der Waals surface area contributed by atoms with E-state index in [9.17, 15) is 13.2 Å². The highest BCUT2D eigenvalue weighted by Crippen LogP contribution is 2.20. The molecule has 1 aliphatic heterocycles. The van der Waals surface area contributed by atoms with Crippen molar-refractivity contribution in [2.75, 3.05) is 0 Å². The van der Waals surface area contributed by atoms with Gasteiger partial charge in [0.1, 0.15) is 0 Å².